The molecule has 1 aliphatic rings. The number of hydrogen-bond donors (Lipinski definition) is 2. The lowest BCUT2D eigenvalue weighted by molar-refractivity contribution is -0.125. The number of hydrogen-bond acceptors (Lipinski definition) is 5. The van der Waals surface area contributed by atoms with Crippen LogP contribution in [0.4, 0.5) is 0 Å². The van der Waals surface area contributed by atoms with Crippen molar-refractivity contribution >= 4 is 5.91 Å². The Morgan fingerprint density at radius 1 is 1.29 bits per heavy atom. The molecule has 21 heavy (non-hydrogen) atoms. The highest BCUT2D eigenvalue weighted by Crippen LogP contribution is 2.07. The van der Waals surface area contributed by atoms with Gasteiger partial charge in [0.1, 0.15) is 0 Å². The van der Waals surface area contributed by atoms with Crippen molar-refractivity contribution in [2.24, 2.45) is 5.73 Å². The van der Waals surface area contributed by atoms with Crippen molar-refractivity contribution in [2.45, 2.75) is 32.2 Å². The number of nitrogens with one attached hydrogen (secondary N) is 1. The summed E-state index contributed by atoms with van der Waals surface area (Å²) in [5, 5.41) is 2.99. The summed E-state index contributed by atoms with van der Waals surface area (Å²) in [4.78, 5) is 16.9. The van der Waals surface area contributed by atoms with Crippen LogP contribution in [0.2, 0.25) is 0 Å². The molecule has 0 aromatic carbocycles. The topological polar surface area (TPSA) is 70.8 Å². The van der Waals surface area contributed by atoms with Crippen LogP contribution in [-0.2, 0) is 9.53 Å². The van der Waals surface area contributed by atoms with Crippen molar-refractivity contribution in [2.75, 3.05) is 59.5 Å². The van der Waals surface area contributed by atoms with Gasteiger partial charge >= 0.3 is 0 Å². The van der Waals surface area contributed by atoms with Gasteiger partial charge in [0.2, 0.25) is 5.91 Å². The molecule has 1 atom stereocenters. The van der Waals surface area contributed by atoms with E-state index in [1.807, 2.05) is 6.92 Å². The number of methoxy groups -OCH3 is 1. The molecule has 1 saturated heterocycles. The molecule has 0 aliphatic carbocycles. The van der Waals surface area contributed by atoms with Gasteiger partial charge in [-0.25, -0.2) is 0 Å². The molecule has 0 aromatic rings. The monoisotopic (exact) mass is 300 g/mol. The number of amides is 1. The average molecular weight is 300 g/mol. The minimum Gasteiger partial charge on any atom is -0.385 e. The summed E-state index contributed by atoms with van der Waals surface area (Å²) >= 11 is 0. The molecule has 6 heteroatoms. The SMILES string of the molecule is COCCCNC(=O)C(C)N1CCCN(CCCN)CC1. The summed E-state index contributed by atoms with van der Waals surface area (Å²) < 4.78 is 4.98. The first-order valence-electron chi connectivity index (χ1n) is 8.12. The molecule has 3 N–H and O–H groups in total. The number of ether oxygens (including phenoxy) is 1. The zero-order chi connectivity index (χ0) is 15.5. The van der Waals surface area contributed by atoms with Gasteiger partial charge in [-0.15, -0.1) is 0 Å². The van der Waals surface area contributed by atoms with Crippen LogP contribution < -0.4 is 11.1 Å². The number of carbonyl (C=O) groups excluding carboxylic acids is 1. The van der Waals surface area contributed by atoms with Crippen LogP contribution in [0.3, 0.4) is 0 Å². The summed E-state index contributed by atoms with van der Waals surface area (Å²) in [6.07, 6.45) is 3.03. The van der Waals surface area contributed by atoms with Gasteiger partial charge in [0, 0.05) is 39.9 Å². The number of nitrogens with zero attached hydrogens (tertiary/aromatic N) is 2. The zero-order valence-corrected chi connectivity index (χ0v) is 13.6. The third-order valence-corrected chi connectivity index (χ3v) is 4.05. The summed E-state index contributed by atoms with van der Waals surface area (Å²) in [7, 11) is 1.68. The molecule has 1 unspecified atom stereocenters. The van der Waals surface area contributed by atoms with E-state index >= 15 is 0 Å². The fourth-order valence-electron chi connectivity index (χ4n) is 2.66. The third-order valence-electron chi connectivity index (χ3n) is 4.05. The second-order valence-electron chi connectivity index (χ2n) is 5.69. The lowest BCUT2D eigenvalue weighted by atomic mass is 10.2. The smallest absolute Gasteiger partial charge is 0.237 e. The van der Waals surface area contributed by atoms with Gasteiger partial charge < -0.3 is 20.7 Å². The van der Waals surface area contributed by atoms with E-state index in [9.17, 15) is 4.79 Å². The molecular weight excluding hydrogens is 268 g/mol. The highest BCUT2D eigenvalue weighted by Gasteiger charge is 2.23. The molecule has 1 fully saturated rings. The Morgan fingerprint density at radius 2 is 2.10 bits per heavy atom. The Labute approximate surface area is 129 Å². The standard InChI is InChI=1S/C15H32N4O2/c1-14(15(20)17-7-4-13-21-2)19-10-5-9-18(11-12-19)8-3-6-16/h14H,3-13,16H2,1-2H3,(H,17,20). The van der Waals surface area contributed by atoms with Crippen LogP contribution in [0, 0.1) is 0 Å². The Hall–Kier alpha value is -0.690. The second kappa shape index (κ2) is 11.0. The molecule has 0 saturated carbocycles. The normalized spacial score (nSPS) is 19.2. The van der Waals surface area contributed by atoms with Crippen molar-refractivity contribution in [3.05, 3.63) is 0 Å². The van der Waals surface area contributed by atoms with E-state index in [-0.39, 0.29) is 11.9 Å². The molecule has 1 amide bonds. The van der Waals surface area contributed by atoms with E-state index in [2.05, 4.69) is 15.1 Å². The highest BCUT2D eigenvalue weighted by atomic mass is 16.5. The van der Waals surface area contributed by atoms with Crippen LogP contribution >= 0.6 is 0 Å². The molecule has 124 valence electrons. The van der Waals surface area contributed by atoms with Gasteiger partial charge in [0.25, 0.3) is 0 Å². The first-order valence-corrected chi connectivity index (χ1v) is 8.12. The van der Waals surface area contributed by atoms with Crippen LogP contribution in [0.5, 0.6) is 0 Å². The quantitative estimate of drug-likeness (QED) is 0.581. The molecular formula is C15H32N4O2. The van der Waals surface area contributed by atoms with Crippen molar-refractivity contribution in [1.29, 1.82) is 0 Å². The summed E-state index contributed by atoms with van der Waals surface area (Å²) in [6, 6.07) is -0.0537. The lowest BCUT2D eigenvalue weighted by Gasteiger charge is -2.27. The molecule has 0 aromatic heterocycles. The van der Waals surface area contributed by atoms with Crippen LogP contribution in [0.15, 0.2) is 0 Å². The minimum absolute atomic E-state index is 0.0537. The van der Waals surface area contributed by atoms with Gasteiger partial charge in [0.05, 0.1) is 6.04 Å². The molecule has 0 spiro atoms. The Kier molecular flexibility index (Phi) is 9.58. The Bertz CT molecular complexity index is 289. The predicted molar refractivity (Wildman–Crippen MR) is 85.3 cm³/mol. The van der Waals surface area contributed by atoms with Gasteiger partial charge in [-0.3, -0.25) is 9.69 Å². The van der Waals surface area contributed by atoms with Crippen molar-refractivity contribution in [1.82, 2.24) is 15.1 Å². The Balaban J connectivity index is 2.29. The average Bonchev–Trinajstić information content (AvgIpc) is 2.74. The lowest BCUT2D eigenvalue weighted by Crippen LogP contribution is -2.46. The van der Waals surface area contributed by atoms with Gasteiger partial charge in [-0.05, 0) is 45.8 Å². The number of rotatable bonds is 9. The zero-order valence-electron chi connectivity index (χ0n) is 13.6. The van der Waals surface area contributed by atoms with Crippen LogP contribution in [-0.4, -0.2) is 81.3 Å². The van der Waals surface area contributed by atoms with E-state index in [1.54, 1.807) is 7.11 Å². The van der Waals surface area contributed by atoms with E-state index in [0.29, 0.717) is 13.2 Å². The highest BCUT2D eigenvalue weighted by molar-refractivity contribution is 5.81. The van der Waals surface area contributed by atoms with E-state index < -0.39 is 0 Å². The van der Waals surface area contributed by atoms with E-state index in [0.717, 1.165) is 58.5 Å². The summed E-state index contributed by atoms with van der Waals surface area (Å²) in [5.74, 6) is 0.126. The van der Waals surface area contributed by atoms with Crippen molar-refractivity contribution in [3.63, 3.8) is 0 Å². The van der Waals surface area contributed by atoms with Crippen LogP contribution in [0.25, 0.3) is 0 Å². The third kappa shape index (κ3) is 7.22. The summed E-state index contributed by atoms with van der Waals surface area (Å²) in [5.41, 5.74) is 5.57. The fraction of sp³-hybridized carbons (Fsp3) is 0.933. The largest absolute Gasteiger partial charge is 0.385 e. The van der Waals surface area contributed by atoms with E-state index in [4.69, 9.17) is 10.5 Å². The number of carbonyl (C=O) groups is 1. The first kappa shape index (κ1) is 18.4. The molecule has 1 aliphatic heterocycles. The minimum atomic E-state index is -0.0537. The van der Waals surface area contributed by atoms with E-state index in [1.165, 1.54) is 0 Å². The molecule has 1 rings (SSSR count). The maximum absolute atomic E-state index is 12.1. The van der Waals surface area contributed by atoms with Crippen LogP contribution in [0.1, 0.15) is 26.2 Å². The van der Waals surface area contributed by atoms with Gasteiger partial charge in [-0.1, -0.05) is 0 Å². The molecule has 0 bridgehead atoms. The fourth-order valence-corrected chi connectivity index (χ4v) is 2.66. The first-order chi connectivity index (χ1) is 10.2. The predicted octanol–water partition coefficient (Wildman–Crippen LogP) is -0.116. The maximum atomic E-state index is 12.1. The summed E-state index contributed by atoms with van der Waals surface area (Å²) in [6.45, 7) is 9.29. The van der Waals surface area contributed by atoms with Gasteiger partial charge in [-0.2, -0.15) is 0 Å². The second-order valence-corrected chi connectivity index (χ2v) is 5.69. The molecule has 1 heterocycles. The van der Waals surface area contributed by atoms with Crippen molar-refractivity contribution in [3.8, 4) is 0 Å². The molecule has 6 nitrogen and oxygen atoms in total. The van der Waals surface area contributed by atoms with Gasteiger partial charge in [0.15, 0.2) is 0 Å². The number of nitrogens with two attached hydrogens (primary N) is 1. The molecule has 0 radical (unpaired) electrons. The van der Waals surface area contributed by atoms with Crippen molar-refractivity contribution < 1.29 is 9.53 Å². The Morgan fingerprint density at radius 3 is 2.81 bits per heavy atom. The maximum Gasteiger partial charge on any atom is 0.237 e.